The molecule has 100 valence electrons. The quantitative estimate of drug-likeness (QED) is 0.869. The van der Waals surface area contributed by atoms with Crippen LogP contribution in [0.25, 0.3) is 0 Å². The number of nitrogens with zero attached hydrogens (tertiary/aromatic N) is 1. The molecule has 1 aliphatic carbocycles. The molecule has 3 fully saturated rings. The molecule has 4 rings (SSSR count). The number of nitrogens with one attached hydrogen (secondary N) is 1. The van der Waals surface area contributed by atoms with Crippen LogP contribution in [0.3, 0.4) is 0 Å². The van der Waals surface area contributed by atoms with E-state index in [4.69, 9.17) is 0 Å². The van der Waals surface area contributed by atoms with Gasteiger partial charge in [0.1, 0.15) is 0 Å². The van der Waals surface area contributed by atoms with Crippen molar-refractivity contribution in [2.45, 2.75) is 12.3 Å². The third-order valence-corrected chi connectivity index (χ3v) is 5.04. The molecule has 2 aliphatic heterocycles. The summed E-state index contributed by atoms with van der Waals surface area (Å²) in [6.07, 6.45) is 1.05. The summed E-state index contributed by atoms with van der Waals surface area (Å²) in [5, 5.41) is 3.43. The Balaban J connectivity index is 1.41. The van der Waals surface area contributed by atoms with Crippen LogP contribution in [-0.2, 0) is 4.79 Å². The molecule has 0 bridgehead atoms. The normalized spacial score (nSPS) is 36.3. The monoisotopic (exact) mass is 256 g/mol. The molecule has 0 radical (unpaired) electrons. The number of hydrogen-bond acceptors (Lipinski definition) is 2. The summed E-state index contributed by atoms with van der Waals surface area (Å²) in [4.78, 5) is 14.7. The second-order valence-electron chi connectivity index (χ2n) is 6.28. The van der Waals surface area contributed by atoms with Crippen molar-refractivity contribution in [3.8, 4) is 0 Å². The molecule has 0 aromatic heterocycles. The van der Waals surface area contributed by atoms with Crippen molar-refractivity contribution in [3.05, 3.63) is 35.9 Å². The lowest BCUT2D eigenvalue weighted by Gasteiger charge is -2.17. The Bertz CT molecular complexity index is 475. The summed E-state index contributed by atoms with van der Waals surface area (Å²) in [5.74, 6) is 2.56. The average molecular weight is 256 g/mol. The number of amides is 1. The fourth-order valence-electron chi connectivity index (χ4n) is 3.81. The Hall–Kier alpha value is -1.35. The van der Waals surface area contributed by atoms with Gasteiger partial charge in [-0.05, 0) is 29.7 Å². The maximum absolute atomic E-state index is 12.5. The Morgan fingerprint density at radius 1 is 1.11 bits per heavy atom. The fraction of sp³-hybridized carbons (Fsp3) is 0.562. The first kappa shape index (κ1) is 11.5. The molecule has 3 heteroatoms. The second kappa shape index (κ2) is 4.34. The fourth-order valence-corrected chi connectivity index (χ4v) is 3.81. The summed E-state index contributed by atoms with van der Waals surface area (Å²) in [7, 11) is 0. The summed E-state index contributed by atoms with van der Waals surface area (Å²) in [6, 6.07) is 10.5. The molecule has 3 aliphatic rings. The van der Waals surface area contributed by atoms with Crippen molar-refractivity contribution in [3.63, 3.8) is 0 Å². The maximum Gasteiger partial charge on any atom is 0.226 e. The summed E-state index contributed by atoms with van der Waals surface area (Å²) in [5.41, 5.74) is 1.34. The van der Waals surface area contributed by atoms with Gasteiger partial charge in [0.2, 0.25) is 5.91 Å². The molecule has 3 nitrogen and oxygen atoms in total. The largest absolute Gasteiger partial charge is 0.342 e. The maximum atomic E-state index is 12.5. The van der Waals surface area contributed by atoms with Gasteiger partial charge in [0, 0.05) is 32.1 Å². The van der Waals surface area contributed by atoms with Crippen LogP contribution in [0.2, 0.25) is 0 Å². The first-order chi connectivity index (χ1) is 9.33. The number of hydrogen-bond donors (Lipinski definition) is 1. The van der Waals surface area contributed by atoms with Crippen LogP contribution in [0, 0.1) is 17.8 Å². The van der Waals surface area contributed by atoms with Crippen molar-refractivity contribution in [2.75, 3.05) is 26.2 Å². The minimum absolute atomic E-state index is 0.259. The SMILES string of the molecule is O=C(C1CC1c1ccccc1)N1C[C@H]2CNC[C@H]2C1. The van der Waals surface area contributed by atoms with Gasteiger partial charge in [-0.1, -0.05) is 30.3 Å². The van der Waals surface area contributed by atoms with Crippen molar-refractivity contribution < 1.29 is 4.79 Å². The number of benzene rings is 1. The third-order valence-electron chi connectivity index (χ3n) is 5.04. The summed E-state index contributed by atoms with van der Waals surface area (Å²) in [6.45, 7) is 4.16. The highest BCUT2D eigenvalue weighted by molar-refractivity contribution is 5.83. The van der Waals surface area contributed by atoms with Gasteiger partial charge in [0.05, 0.1) is 0 Å². The van der Waals surface area contributed by atoms with Crippen LogP contribution in [0.4, 0.5) is 0 Å². The van der Waals surface area contributed by atoms with Crippen molar-refractivity contribution >= 4 is 5.91 Å². The van der Waals surface area contributed by atoms with E-state index in [9.17, 15) is 4.79 Å². The molecule has 1 saturated carbocycles. The van der Waals surface area contributed by atoms with Gasteiger partial charge in [-0.2, -0.15) is 0 Å². The minimum Gasteiger partial charge on any atom is -0.342 e. The molecule has 2 heterocycles. The first-order valence-corrected chi connectivity index (χ1v) is 7.37. The summed E-state index contributed by atoms with van der Waals surface area (Å²) < 4.78 is 0. The molecule has 1 N–H and O–H groups in total. The average Bonchev–Trinajstić information content (AvgIpc) is 2.95. The molecular formula is C16H20N2O. The smallest absolute Gasteiger partial charge is 0.226 e. The van der Waals surface area contributed by atoms with Crippen molar-refractivity contribution in [2.24, 2.45) is 17.8 Å². The molecule has 19 heavy (non-hydrogen) atoms. The first-order valence-electron chi connectivity index (χ1n) is 7.37. The zero-order chi connectivity index (χ0) is 12.8. The van der Waals surface area contributed by atoms with Crippen LogP contribution in [0.1, 0.15) is 17.9 Å². The van der Waals surface area contributed by atoms with Gasteiger partial charge < -0.3 is 10.2 Å². The second-order valence-corrected chi connectivity index (χ2v) is 6.28. The Morgan fingerprint density at radius 3 is 2.47 bits per heavy atom. The molecule has 4 atom stereocenters. The van der Waals surface area contributed by atoms with Crippen LogP contribution < -0.4 is 5.32 Å². The molecule has 0 spiro atoms. The predicted molar refractivity (Wildman–Crippen MR) is 73.7 cm³/mol. The predicted octanol–water partition coefficient (Wildman–Crippen LogP) is 1.47. The number of likely N-dealkylation sites (tertiary alicyclic amines) is 1. The lowest BCUT2D eigenvalue weighted by molar-refractivity contribution is -0.131. The molecule has 1 amide bonds. The van der Waals surface area contributed by atoms with Crippen LogP contribution >= 0.6 is 0 Å². The van der Waals surface area contributed by atoms with Crippen molar-refractivity contribution in [1.82, 2.24) is 10.2 Å². The van der Waals surface area contributed by atoms with E-state index in [0.717, 1.165) is 32.6 Å². The van der Waals surface area contributed by atoms with Gasteiger partial charge >= 0.3 is 0 Å². The van der Waals surface area contributed by atoms with E-state index in [1.54, 1.807) is 0 Å². The molecule has 2 unspecified atom stereocenters. The van der Waals surface area contributed by atoms with Crippen LogP contribution in [-0.4, -0.2) is 37.0 Å². The minimum atomic E-state index is 0.259. The lowest BCUT2D eigenvalue weighted by Crippen LogP contribution is -2.33. The number of fused-ring (bicyclic) bond motifs is 1. The van der Waals surface area contributed by atoms with E-state index in [1.165, 1.54) is 5.56 Å². The molecular weight excluding hydrogens is 236 g/mol. The van der Waals surface area contributed by atoms with E-state index in [1.807, 2.05) is 6.07 Å². The highest BCUT2D eigenvalue weighted by Crippen LogP contribution is 2.49. The van der Waals surface area contributed by atoms with Gasteiger partial charge in [-0.15, -0.1) is 0 Å². The van der Waals surface area contributed by atoms with E-state index in [2.05, 4.69) is 34.5 Å². The molecule has 2 saturated heterocycles. The van der Waals surface area contributed by atoms with Gasteiger partial charge in [0.15, 0.2) is 0 Å². The number of carbonyl (C=O) groups is 1. The zero-order valence-electron chi connectivity index (χ0n) is 11.1. The van der Waals surface area contributed by atoms with Gasteiger partial charge in [0.25, 0.3) is 0 Å². The van der Waals surface area contributed by atoms with Gasteiger partial charge in [-0.25, -0.2) is 0 Å². The van der Waals surface area contributed by atoms with Crippen LogP contribution in [0.15, 0.2) is 30.3 Å². The van der Waals surface area contributed by atoms with Crippen molar-refractivity contribution in [1.29, 1.82) is 0 Å². The number of carbonyl (C=O) groups excluding carboxylic acids is 1. The Morgan fingerprint density at radius 2 is 1.79 bits per heavy atom. The summed E-state index contributed by atoms with van der Waals surface area (Å²) >= 11 is 0. The Labute approximate surface area is 114 Å². The van der Waals surface area contributed by atoms with E-state index in [-0.39, 0.29) is 5.92 Å². The zero-order valence-corrected chi connectivity index (χ0v) is 11.1. The topological polar surface area (TPSA) is 32.3 Å². The highest BCUT2D eigenvalue weighted by atomic mass is 16.2. The van der Waals surface area contributed by atoms with Crippen LogP contribution in [0.5, 0.6) is 0 Å². The van der Waals surface area contributed by atoms with Gasteiger partial charge in [-0.3, -0.25) is 4.79 Å². The Kier molecular flexibility index (Phi) is 2.62. The van der Waals surface area contributed by atoms with E-state index >= 15 is 0 Å². The molecule has 1 aromatic carbocycles. The molecule has 1 aromatic rings. The van der Waals surface area contributed by atoms with E-state index < -0.39 is 0 Å². The third kappa shape index (κ3) is 1.96. The van der Waals surface area contributed by atoms with E-state index in [0.29, 0.717) is 23.7 Å². The lowest BCUT2D eigenvalue weighted by atomic mass is 10.0. The highest BCUT2D eigenvalue weighted by Gasteiger charge is 2.48. The standard InChI is InChI=1S/C16H20N2O/c19-16(18-9-12-7-17-8-13(12)10-18)15-6-14(15)11-4-2-1-3-5-11/h1-5,12-15,17H,6-10H2/t12-,13+,14?,15?. The number of rotatable bonds is 2.